The molecule has 0 aromatic heterocycles. The Morgan fingerprint density at radius 2 is 1.76 bits per heavy atom. The van der Waals surface area contributed by atoms with Gasteiger partial charge in [-0.2, -0.15) is 0 Å². The number of hydrogen-bond donors (Lipinski definition) is 2. The van der Waals surface area contributed by atoms with Gasteiger partial charge in [0.25, 0.3) is 5.91 Å². The predicted molar refractivity (Wildman–Crippen MR) is 83.4 cm³/mol. The Labute approximate surface area is 127 Å². The van der Waals surface area contributed by atoms with Crippen molar-refractivity contribution in [1.82, 2.24) is 0 Å². The second-order valence-electron chi connectivity index (χ2n) is 4.22. The topological polar surface area (TPSA) is 73.6 Å². The zero-order valence-corrected chi connectivity index (χ0v) is 12.4. The van der Waals surface area contributed by atoms with Crippen molar-refractivity contribution in [2.45, 2.75) is 0 Å². The molecular weight excluding hydrogens is 292 g/mol. The van der Waals surface area contributed by atoms with E-state index in [0.29, 0.717) is 33.5 Å². The van der Waals surface area contributed by atoms with Crippen LogP contribution < -0.4 is 20.5 Å². The van der Waals surface area contributed by atoms with E-state index in [2.05, 4.69) is 5.32 Å². The van der Waals surface area contributed by atoms with Crippen molar-refractivity contribution in [2.24, 2.45) is 0 Å². The minimum absolute atomic E-state index is 0.303. The predicted octanol–water partition coefficient (Wildman–Crippen LogP) is 3.19. The molecule has 2 rings (SSSR count). The lowest BCUT2D eigenvalue weighted by Gasteiger charge is -2.14. The maximum absolute atomic E-state index is 12.5. The third-order valence-electron chi connectivity index (χ3n) is 2.92. The summed E-state index contributed by atoms with van der Waals surface area (Å²) in [5.41, 5.74) is 6.98. The number of nitrogen functional groups attached to an aromatic ring is 1. The van der Waals surface area contributed by atoms with Gasteiger partial charge in [0, 0.05) is 5.02 Å². The van der Waals surface area contributed by atoms with Crippen molar-refractivity contribution in [2.75, 3.05) is 25.3 Å². The van der Waals surface area contributed by atoms with E-state index >= 15 is 0 Å². The van der Waals surface area contributed by atoms with Crippen molar-refractivity contribution < 1.29 is 14.3 Å². The van der Waals surface area contributed by atoms with E-state index in [1.54, 1.807) is 36.4 Å². The van der Waals surface area contributed by atoms with Crippen LogP contribution in [0.3, 0.4) is 0 Å². The summed E-state index contributed by atoms with van der Waals surface area (Å²) in [7, 11) is 2.98. The second kappa shape index (κ2) is 6.37. The summed E-state index contributed by atoms with van der Waals surface area (Å²) < 4.78 is 10.4. The number of rotatable bonds is 4. The van der Waals surface area contributed by atoms with Gasteiger partial charge in [-0.3, -0.25) is 4.79 Å². The molecule has 6 heteroatoms. The smallest absolute Gasteiger partial charge is 0.263 e. The number of hydrogen-bond acceptors (Lipinski definition) is 4. The fourth-order valence-electron chi connectivity index (χ4n) is 1.91. The molecule has 2 aromatic carbocycles. The van der Waals surface area contributed by atoms with Crippen molar-refractivity contribution in [3.8, 4) is 11.5 Å². The zero-order chi connectivity index (χ0) is 15.4. The van der Waals surface area contributed by atoms with E-state index in [1.807, 2.05) is 0 Å². The lowest BCUT2D eigenvalue weighted by Crippen LogP contribution is -2.15. The molecule has 0 aliphatic heterocycles. The van der Waals surface area contributed by atoms with Gasteiger partial charge in [-0.15, -0.1) is 0 Å². The van der Waals surface area contributed by atoms with Crippen LogP contribution in [0, 0.1) is 0 Å². The van der Waals surface area contributed by atoms with Gasteiger partial charge < -0.3 is 20.5 Å². The third kappa shape index (κ3) is 3.20. The molecule has 0 fully saturated rings. The minimum Gasteiger partial charge on any atom is -0.496 e. The van der Waals surface area contributed by atoms with Crippen LogP contribution in [-0.2, 0) is 0 Å². The monoisotopic (exact) mass is 306 g/mol. The molecule has 0 aliphatic carbocycles. The van der Waals surface area contributed by atoms with Gasteiger partial charge >= 0.3 is 0 Å². The van der Waals surface area contributed by atoms with Crippen LogP contribution in [-0.4, -0.2) is 20.1 Å². The van der Waals surface area contributed by atoms with Crippen molar-refractivity contribution in [1.29, 1.82) is 0 Å². The zero-order valence-electron chi connectivity index (χ0n) is 11.6. The molecule has 110 valence electrons. The number of carbonyl (C=O) groups is 1. The van der Waals surface area contributed by atoms with Crippen molar-refractivity contribution >= 4 is 28.9 Å². The summed E-state index contributed by atoms with van der Waals surface area (Å²) in [5, 5.41) is 3.22. The molecule has 1 amide bonds. The van der Waals surface area contributed by atoms with Gasteiger partial charge in [-0.25, -0.2) is 0 Å². The SMILES string of the molecule is COc1cccc(OC)c1C(=O)Nc1ccc(Cl)cc1N. The lowest BCUT2D eigenvalue weighted by atomic mass is 10.1. The Hall–Kier alpha value is -2.40. The Balaban J connectivity index is 2.36. The molecule has 21 heavy (non-hydrogen) atoms. The summed E-state index contributed by atoms with van der Waals surface area (Å²) in [6.07, 6.45) is 0. The molecule has 2 aromatic rings. The largest absolute Gasteiger partial charge is 0.496 e. The number of carbonyl (C=O) groups excluding carboxylic acids is 1. The summed E-state index contributed by atoms with van der Waals surface area (Å²) in [4.78, 5) is 12.5. The molecule has 0 radical (unpaired) electrons. The first-order chi connectivity index (χ1) is 10.1. The van der Waals surface area contributed by atoms with E-state index in [1.165, 1.54) is 14.2 Å². The highest BCUT2D eigenvalue weighted by molar-refractivity contribution is 6.31. The number of methoxy groups -OCH3 is 2. The average Bonchev–Trinajstić information content (AvgIpc) is 2.49. The van der Waals surface area contributed by atoms with Crippen LogP contribution in [0.25, 0.3) is 0 Å². The van der Waals surface area contributed by atoms with Crippen molar-refractivity contribution in [3.05, 3.63) is 47.0 Å². The number of halogens is 1. The number of anilines is 2. The highest BCUT2D eigenvalue weighted by Crippen LogP contribution is 2.30. The molecule has 0 saturated heterocycles. The fourth-order valence-corrected chi connectivity index (χ4v) is 2.09. The molecule has 0 aliphatic rings. The summed E-state index contributed by atoms with van der Waals surface area (Å²) in [6, 6.07) is 9.96. The normalized spacial score (nSPS) is 10.0. The second-order valence-corrected chi connectivity index (χ2v) is 4.66. The third-order valence-corrected chi connectivity index (χ3v) is 3.15. The molecule has 5 nitrogen and oxygen atoms in total. The van der Waals surface area contributed by atoms with E-state index in [9.17, 15) is 4.79 Å². The number of amides is 1. The fraction of sp³-hybridized carbons (Fsp3) is 0.133. The number of benzene rings is 2. The summed E-state index contributed by atoms with van der Waals surface area (Å²) in [6.45, 7) is 0. The minimum atomic E-state index is -0.377. The highest BCUT2D eigenvalue weighted by atomic mass is 35.5. The highest BCUT2D eigenvalue weighted by Gasteiger charge is 2.18. The van der Waals surface area contributed by atoms with Crippen LogP contribution in [0.15, 0.2) is 36.4 Å². The van der Waals surface area contributed by atoms with Gasteiger partial charge in [0.15, 0.2) is 0 Å². The Bertz CT molecular complexity index is 652. The van der Waals surface area contributed by atoms with Gasteiger partial charge in [0.1, 0.15) is 17.1 Å². The summed E-state index contributed by atoms with van der Waals surface area (Å²) >= 11 is 5.83. The van der Waals surface area contributed by atoms with Gasteiger partial charge in [0.05, 0.1) is 25.6 Å². The first-order valence-corrected chi connectivity index (χ1v) is 6.52. The average molecular weight is 307 g/mol. The van der Waals surface area contributed by atoms with Crippen LogP contribution in [0.1, 0.15) is 10.4 Å². The van der Waals surface area contributed by atoms with E-state index < -0.39 is 0 Å². The maximum Gasteiger partial charge on any atom is 0.263 e. The number of ether oxygens (including phenoxy) is 2. The van der Waals surface area contributed by atoms with E-state index in [0.717, 1.165) is 0 Å². The molecule has 0 spiro atoms. The molecule has 0 unspecified atom stereocenters. The molecular formula is C15H15ClN2O3. The Morgan fingerprint density at radius 1 is 1.14 bits per heavy atom. The van der Waals surface area contributed by atoms with E-state index in [4.69, 9.17) is 26.8 Å². The Kier molecular flexibility index (Phi) is 4.55. The Morgan fingerprint density at radius 3 is 2.29 bits per heavy atom. The van der Waals surface area contributed by atoms with Crippen molar-refractivity contribution in [3.63, 3.8) is 0 Å². The number of nitrogens with two attached hydrogens (primary N) is 1. The summed E-state index contributed by atoms with van der Waals surface area (Å²) in [5.74, 6) is 0.456. The van der Waals surface area contributed by atoms with Crippen LogP contribution in [0.4, 0.5) is 11.4 Å². The van der Waals surface area contributed by atoms with Gasteiger partial charge in [0.2, 0.25) is 0 Å². The molecule has 0 saturated carbocycles. The molecule has 0 heterocycles. The van der Waals surface area contributed by atoms with Crippen LogP contribution in [0.5, 0.6) is 11.5 Å². The first kappa shape index (κ1) is 15.0. The first-order valence-electron chi connectivity index (χ1n) is 6.14. The van der Waals surface area contributed by atoms with Gasteiger partial charge in [-0.1, -0.05) is 17.7 Å². The lowest BCUT2D eigenvalue weighted by molar-refractivity contribution is 0.102. The molecule has 0 atom stereocenters. The van der Waals surface area contributed by atoms with Crippen LogP contribution in [0.2, 0.25) is 5.02 Å². The van der Waals surface area contributed by atoms with Crippen LogP contribution >= 0.6 is 11.6 Å². The van der Waals surface area contributed by atoms with E-state index in [-0.39, 0.29) is 5.91 Å². The molecule has 3 N–H and O–H groups in total. The maximum atomic E-state index is 12.5. The quantitative estimate of drug-likeness (QED) is 0.851. The van der Waals surface area contributed by atoms with Gasteiger partial charge in [-0.05, 0) is 30.3 Å². The standard InChI is InChI=1S/C15H15ClN2O3/c1-20-12-4-3-5-13(21-2)14(12)15(19)18-11-7-6-9(16)8-10(11)17/h3-8H,17H2,1-2H3,(H,18,19). The molecule has 0 bridgehead atoms. The number of nitrogens with one attached hydrogen (secondary N) is 1.